The zero-order valence-electron chi connectivity index (χ0n) is 8.77. The van der Waals surface area contributed by atoms with E-state index >= 15 is 0 Å². The molecule has 2 heteroatoms. The standard InChI is InChI=1S/C10H23BrN/c1-12(2,3)10-8-6-4-5-7-9-11/h4-10H2,1-3H3/q+1. The van der Waals surface area contributed by atoms with E-state index in [0.29, 0.717) is 0 Å². The molecule has 74 valence electrons. The van der Waals surface area contributed by atoms with E-state index in [2.05, 4.69) is 37.1 Å². The molecule has 0 amide bonds. The molecule has 0 radical (unpaired) electrons. The Labute approximate surface area is 85.9 Å². The van der Waals surface area contributed by atoms with Crippen molar-refractivity contribution in [2.24, 2.45) is 0 Å². The Morgan fingerprint density at radius 1 is 0.833 bits per heavy atom. The van der Waals surface area contributed by atoms with Gasteiger partial charge in [0.15, 0.2) is 0 Å². The van der Waals surface area contributed by atoms with Crippen LogP contribution in [0.4, 0.5) is 0 Å². The van der Waals surface area contributed by atoms with Crippen molar-refractivity contribution < 1.29 is 4.48 Å². The van der Waals surface area contributed by atoms with Gasteiger partial charge in [-0.25, -0.2) is 0 Å². The van der Waals surface area contributed by atoms with Gasteiger partial charge in [-0.1, -0.05) is 28.8 Å². The fraction of sp³-hybridized carbons (Fsp3) is 1.00. The molecule has 0 spiro atoms. The molecule has 0 atom stereocenters. The number of rotatable bonds is 7. The minimum absolute atomic E-state index is 1.11. The van der Waals surface area contributed by atoms with Gasteiger partial charge in [-0.3, -0.25) is 0 Å². The largest absolute Gasteiger partial charge is 0.331 e. The summed E-state index contributed by atoms with van der Waals surface area (Å²) in [6.07, 6.45) is 6.92. The Balaban J connectivity index is 3.01. The maximum atomic E-state index is 3.45. The highest BCUT2D eigenvalue weighted by atomic mass is 79.9. The van der Waals surface area contributed by atoms with Crippen molar-refractivity contribution in [3.8, 4) is 0 Å². The van der Waals surface area contributed by atoms with Crippen molar-refractivity contribution in [3.63, 3.8) is 0 Å². The highest BCUT2D eigenvalue weighted by molar-refractivity contribution is 9.09. The molecule has 0 aliphatic rings. The summed E-state index contributed by atoms with van der Waals surface area (Å²) in [5.74, 6) is 0. The third-order valence-corrected chi connectivity index (χ3v) is 2.52. The van der Waals surface area contributed by atoms with Gasteiger partial charge in [-0.2, -0.15) is 0 Å². The molecule has 0 heterocycles. The lowest BCUT2D eigenvalue weighted by Crippen LogP contribution is -2.35. The molecule has 0 aliphatic heterocycles. The summed E-state index contributed by atoms with van der Waals surface area (Å²) in [6.45, 7) is 1.31. The minimum Gasteiger partial charge on any atom is -0.331 e. The maximum absolute atomic E-state index is 3.45. The third kappa shape index (κ3) is 10.4. The van der Waals surface area contributed by atoms with Crippen molar-refractivity contribution in [2.45, 2.75) is 32.1 Å². The predicted molar refractivity (Wildman–Crippen MR) is 59.8 cm³/mol. The normalized spacial score (nSPS) is 12.0. The highest BCUT2D eigenvalue weighted by Gasteiger charge is 2.04. The molecule has 0 aromatic rings. The second kappa shape index (κ2) is 6.90. The zero-order chi connectivity index (χ0) is 9.45. The molecule has 0 unspecified atom stereocenters. The summed E-state index contributed by atoms with van der Waals surface area (Å²) in [5.41, 5.74) is 0. The van der Waals surface area contributed by atoms with Gasteiger partial charge in [0.2, 0.25) is 0 Å². The SMILES string of the molecule is C[N+](C)(C)CCCCCCCBr. The maximum Gasteiger partial charge on any atom is 0.0780 e. The second-order valence-electron chi connectivity index (χ2n) is 4.47. The van der Waals surface area contributed by atoms with Gasteiger partial charge in [0, 0.05) is 5.33 Å². The number of unbranched alkanes of at least 4 members (excludes halogenated alkanes) is 4. The third-order valence-electron chi connectivity index (χ3n) is 1.96. The van der Waals surface area contributed by atoms with Gasteiger partial charge < -0.3 is 4.48 Å². The van der Waals surface area contributed by atoms with E-state index in [9.17, 15) is 0 Å². The van der Waals surface area contributed by atoms with Crippen molar-refractivity contribution in [1.82, 2.24) is 0 Å². The lowest BCUT2D eigenvalue weighted by atomic mass is 10.1. The minimum atomic E-state index is 1.11. The van der Waals surface area contributed by atoms with Crippen LogP contribution in [0.15, 0.2) is 0 Å². The van der Waals surface area contributed by atoms with Gasteiger partial charge in [0.25, 0.3) is 0 Å². The summed E-state index contributed by atoms with van der Waals surface area (Å²) in [7, 11) is 6.79. The van der Waals surface area contributed by atoms with E-state index < -0.39 is 0 Å². The number of nitrogens with zero attached hydrogens (tertiary/aromatic N) is 1. The first-order chi connectivity index (χ1) is 5.56. The van der Waals surface area contributed by atoms with Crippen LogP contribution in [0.5, 0.6) is 0 Å². The Morgan fingerprint density at radius 3 is 1.83 bits per heavy atom. The van der Waals surface area contributed by atoms with Crippen LogP contribution < -0.4 is 0 Å². The first-order valence-corrected chi connectivity index (χ1v) is 6.05. The topological polar surface area (TPSA) is 0 Å². The van der Waals surface area contributed by atoms with Gasteiger partial charge >= 0.3 is 0 Å². The Bertz CT molecular complexity index is 96.5. The van der Waals surface area contributed by atoms with Crippen LogP contribution >= 0.6 is 15.9 Å². The summed E-state index contributed by atoms with van der Waals surface area (Å²) in [6, 6.07) is 0. The summed E-state index contributed by atoms with van der Waals surface area (Å²) >= 11 is 3.45. The average Bonchev–Trinajstić information content (AvgIpc) is 1.94. The lowest BCUT2D eigenvalue weighted by molar-refractivity contribution is -0.870. The van der Waals surface area contributed by atoms with Crippen LogP contribution in [0.1, 0.15) is 32.1 Å². The Morgan fingerprint density at radius 2 is 1.33 bits per heavy atom. The predicted octanol–water partition coefficient (Wildman–Crippen LogP) is 3.04. The number of alkyl halides is 1. The van der Waals surface area contributed by atoms with Crippen LogP contribution in [-0.2, 0) is 0 Å². The van der Waals surface area contributed by atoms with E-state index in [1.807, 2.05) is 0 Å². The second-order valence-corrected chi connectivity index (χ2v) is 5.26. The molecule has 0 N–H and O–H groups in total. The molecule has 0 aliphatic carbocycles. The molecular weight excluding hydrogens is 214 g/mol. The molecular formula is C10H23BrN+. The van der Waals surface area contributed by atoms with Crippen LogP contribution in [0, 0.1) is 0 Å². The smallest absolute Gasteiger partial charge is 0.0780 e. The molecule has 1 nitrogen and oxygen atoms in total. The zero-order valence-corrected chi connectivity index (χ0v) is 10.4. The van der Waals surface area contributed by atoms with Crippen LogP contribution in [-0.4, -0.2) is 37.5 Å². The van der Waals surface area contributed by atoms with E-state index in [0.717, 1.165) is 4.48 Å². The number of hydrogen-bond acceptors (Lipinski definition) is 0. The number of quaternary nitrogens is 1. The fourth-order valence-electron chi connectivity index (χ4n) is 1.21. The van der Waals surface area contributed by atoms with Gasteiger partial charge in [0.1, 0.15) is 0 Å². The summed E-state index contributed by atoms with van der Waals surface area (Å²) in [5, 5.41) is 1.17. The van der Waals surface area contributed by atoms with Crippen molar-refractivity contribution >= 4 is 15.9 Å². The molecule has 0 fully saturated rings. The molecule has 0 aromatic carbocycles. The molecule has 0 saturated heterocycles. The van der Waals surface area contributed by atoms with Crippen molar-refractivity contribution in [2.75, 3.05) is 33.0 Å². The van der Waals surface area contributed by atoms with E-state index in [4.69, 9.17) is 0 Å². The number of hydrogen-bond donors (Lipinski definition) is 0. The number of halogens is 1. The molecule has 12 heavy (non-hydrogen) atoms. The first-order valence-electron chi connectivity index (χ1n) is 4.93. The van der Waals surface area contributed by atoms with Crippen molar-refractivity contribution in [1.29, 1.82) is 0 Å². The Hall–Kier alpha value is 0.440. The average molecular weight is 237 g/mol. The molecule has 0 bridgehead atoms. The van der Waals surface area contributed by atoms with Gasteiger partial charge in [-0.15, -0.1) is 0 Å². The van der Waals surface area contributed by atoms with Crippen LogP contribution in [0.3, 0.4) is 0 Å². The van der Waals surface area contributed by atoms with Crippen LogP contribution in [0.2, 0.25) is 0 Å². The summed E-state index contributed by atoms with van der Waals surface area (Å²) < 4.78 is 1.11. The molecule has 0 aromatic heterocycles. The monoisotopic (exact) mass is 236 g/mol. The molecule has 0 saturated carbocycles. The van der Waals surface area contributed by atoms with E-state index in [1.54, 1.807) is 0 Å². The first kappa shape index (κ1) is 12.4. The van der Waals surface area contributed by atoms with Crippen LogP contribution in [0.25, 0.3) is 0 Å². The quantitative estimate of drug-likeness (QED) is 0.362. The summed E-state index contributed by atoms with van der Waals surface area (Å²) in [4.78, 5) is 0. The van der Waals surface area contributed by atoms with E-state index in [1.165, 1.54) is 44.0 Å². The fourth-order valence-corrected chi connectivity index (χ4v) is 1.61. The van der Waals surface area contributed by atoms with E-state index in [-0.39, 0.29) is 0 Å². The Kier molecular flexibility index (Phi) is 7.16. The van der Waals surface area contributed by atoms with Gasteiger partial charge in [-0.05, 0) is 19.3 Å². The van der Waals surface area contributed by atoms with Gasteiger partial charge in [0.05, 0.1) is 27.7 Å². The van der Waals surface area contributed by atoms with Crippen molar-refractivity contribution in [3.05, 3.63) is 0 Å². The highest BCUT2D eigenvalue weighted by Crippen LogP contribution is 2.06. The molecule has 0 rings (SSSR count). The lowest BCUT2D eigenvalue weighted by Gasteiger charge is -2.23.